The van der Waals surface area contributed by atoms with E-state index < -0.39 is 5.54 Å². The molecule has 1 aromatic rings. The molecule has 1 amide bonds. The minimum Gasteiger partial charge on any atom is -0.343 e. The van der Waals surface area contributed by atoms with E-state index in [1.165, 1.54) is 25.7 Å². The summed E-state index contributed by atoms with van der Waals surface area (Å²) in [5, 5.41) is 7.42. The van der Waals surface area contributed by atoms with Crippen LogP contribution in [0.4, 0.5) is 0 Å². The van der Waals surface area contributed by atoms with E-state index in [-0.39, 0.29) is 11.8 Å². The Balaban J connectivity index is 1.77. The molecule has 21 heavy (non-hydrogen) atoms. The van der Waals surface area contributed by atoms with Gasteiger partial charge in [-0.2, -0.15) is 4.98 Å². The molecule has 0 aromatic carbocycles. The Hall–Kier alpha value is -1.39. The maximum atomic E-state index is 12.7. The highest BCUT2D eigenvalue weighted by Gasteiger charge is 2.40. The fourth-order valence-corrected chi connectivity index (χ4v) is 3.76. The highest BCUT2D eigenvalue weighted by atomic mass is 16.5. The summed E-state index contributed by atoms with van der Waals surface area (Å²) in [7, 11) is 0. The highest BCUT2D eigenvalue weighted by Crippen LogP contribution is 2.36. The summed E-state index contributed by atoms with van der Waals surface area (Å²) in [5.41, 5.74) is -0.398. The molecule has 0 spiro atoms. The van der Waals surface area contributed by atoms with Crippen molar-refractivity contribution in [3.05, 3.63) is 11.7 Å². The van der Waals surface area contributed by atoms with Crippen LogP contribution in [0.5, 0.6) is 0 Å². The molecular weight excluding hydrogens is 266 g/mol. The SMILES string of the molecule is Cc1nc(C2(NC(=O)C3CCCCC3)CCCCC2)no1. The van der Waals surface area contributed by atoms with Gasteiger partial charge in [0.15, 0.2) is 5.82 Å². The molecule has 1 N–H and O–H groups in total. The minimum atomic E-state index is -0.398. The van der Waals surface area contributed by atoms with Crippen molar-refractivity contribution in [3.8, 4) is 0 Å². The van der Waals surface area contributed by atoms with Gasteiger partial charge in [-0.25, -0.2) is 0 Å². The van der Waals surface area contributed by atoms with E-state index in [0.717, 1.165) is 38.5 Å². The maximum Gasteiger partial charge on any atom is 0.223 e. The molecule has 3 rings (SSSR count). The summed E-state index contributed by atoms with van der Waals surface area (Å²) < 4.78 is 5.16. The molecule has 0 bridgehead atoms. The van der Waals surface area contributed by atoms with Crippen LogP contribution in [0, 0.1) is 12.8 Å². The van der Waals surface area contributed by atoms with Crippen LogP contribution >= 0.6 is 0 Å². The number of aromatic nitrogens is 2. The summed E-state index contributed by atoms with van der Waals surface area (Å²) >= 11 is 0. The van der Waals surface area contributed by atoms with Gasteiger partial charge in [-0.3, -0.25) is 4.79 Å². The molecule has 5 heteroatoms. The van der Waals surface area contributed by atoms with E-state index in [4.69, 9.17) is 4.52 Å². The van der Waals surface area contributed by atoms with Crippen molar-refractivity contribution in [2.75, 3.05) is 0 Å². The maximum absolute atomic E-state index is 12.7. The lowest BCUT2D eigenvalue weighted by atomic mass is 9.79. The number of aryl methyl sites for hydroxylation is 1. The van der Waals surface area contributed by atoms with Crippen molar-refractivity contribution in [3.63, 3.8) is 0 Å². The fraction of sp³-hybridized carbons (Fsp3) is 0.812. The molecular formula is C16H25N3O2. The van der Waals surface area contributed by atoms with Crippen molar-refractivity contribution in [2.45, 2.75) is 76.7 Å². The zero-order valence-electron chi connectivity index (χ0n) is 12.9. The lowest BCUT2D eigenvalue weighted by Crippen LogP contribution is -2.50. The minimum absolute atomic E-state index is 0.172. The number of carbonyl (C=O) groups excluding carboxylic acids is 1. The predicted octanol–water partition coefficient (Wildman–Crippen LogP) is 3.23. The lowest BCUT2D eigenvalue weighted by molar-refractivity contribution is -0.128. The monoisotopic (exact) mass is 291 g/mol. The molecule has 0 unspecified atom stereocenters. The molecule has 0 atom stereocenters. The first-order chi connectivity index (χ1) is 10.2. The second-order valence-corrected chi connectivity index (χ2v) is 6.60. The van der Waals surface area contributed by atoms with Gasteiger partial charge in [0.05, 0.1) is 0 Å². The molecule has 2 fully saturated rings. The third-order valence-corrected chi connectivity index (χ3v) is 5.00. The van der Waals surface area contributed by atoms with E-state index in [0.29, 0.717) is 11.7 Å². The Morgan fingerprint density at radius 2 is 1.81 bits per heavy atom. The van der Waals surface area contributed by atoms with Gasteiger partial charge in [0, 0.05) is 12.8 Å². The number of hydrogen-bond acceptors (Lipinski definition) is 4. The first-order valence-electron chi connectivity index (χ1n) is 8.32. The van der Waals surface area contributed by atoms with Crippen molar-refractivity contribution >= 4 is 5.91 Å². The molecule has 0 aliphatic heterocycles. The van der Waals surface area contributed by atoms with Gasteiger partial charge in [-0.05, 0) is 25.7 Å². The van der Waals surface area contributed by atoms with Gasteiger partial charge in [-0.15, -0.1) is 0 Å². The largest absolute Gasteiger partial charge is 0.343 e. The van der Waals surface area contributed by atoms with Crippen LogP contribution in [0.1, 0.15) is 75.9 Å². The van der Waals surface area contributed by atoms with Gasteiger partial charge in [0.2, 0.25) is 11.8 Å². The van der Waals surface area contributed by atoms with Gasteiger partial charge < -0.3 is 9.84 Å². The molecule has 116 valence electrons. The third-order valence-electron chi connectivity index (χ3n) is 5.00. The summed E-state index contributed by atoms with van der Waals surface area (Å²) in [6.45, 7) is 1.80. The Morgan fingerprint density at radius 3 is 2.43 bits per heavy atom. The van der Waals surface area contributed by atoms with Crippen LogP contribution in [0.3, 0.4) is 0 Å². The number of hydrogen-bond donors (Lipinski definition) is 1. The van der Waals surface area contributed by atoms with Crippen LogP contribution in [-0.4, -0.2) is 16.0 Å². The van der Waals surface area contributed by atoms with Crippen LogP contribution in [0.2, 0.25) is 0 Å². The molecule has 2 saturated carbocycles. The van der Waals surface area contributed by atoms with E-state index in [9.17, 15) is 4.79 Å². The van der Waals surface area contributed by atoms with Crippen LogP contribution < -0.4 is 5.32 Å². The molecule has 1 aromatic heterocycles. The van der Waals surface area contributed by atoms with Gasteiger partial charge in [0.25, 0.3) is 0 Å². The average Bonchev–Trinajstić information content (AvgIpc) is 2.96. The fourth-order valence-electron chi connectivity index (χ4n) is 3.76. The quantitative estimate of drug-likeness (QED) is 0.928. The topological polar surface area (TPSA) is 68.0 Å². The summed E-state index contributed by atoms with van der Waals surface area (Å²) in [4.78, 5) is 17.1. The average molecular weight is 291 g/mol. The summed E-state index contributed by atoms with van der Waals surface area (Å²) in [5.74, 6) is 1.61. The first-order valence-corrected chi connectivity index (χ1v) is 8.32. The van der Waals surface area contributed by atoms with E-state index >= 15 is 0 Å². The van der Waals surface area contributed by atoms with Crippen molar-refractivity contribution < 1.29 is 9.32 Å². The lowest BCUT2D eigenvalue weighted by Gasteiger charge is -2.37. The zero-order chi connectivity index (χ0) is 14.7. The van der Waals surface area contributed by atoms with Crippen molar-refractivity contribution in [1.29, 1.82) is 0 Å². The van der Waals surface area contributed by atoms with E-state index in [1.807, 2.05) is 0 Å². The second kappa shape index (κ2) is 6.16. The first kappa shape index (κ1) is 14.5. The number of amides is 1. The molecule has 1 heterocycles. The Bertz CT molecular complexity index is 485. The van der Waals surface area contributed by atoms with E-state index in [2.05, 4.69) is 15.5 Å². The number of nitrogens with one attached hydrogen (secondary N) is 1. The smallest absolute Gasteiger partial charge is 0.223 e. The van der Waals surface area contributed by atoms with E-state index in [1.54, 1.807) is 6.92 Å². The van der Waals surface area contributed by atoms with Crippen LogP contribution in [-0.2, 0) is 10.3 Å². The predicted molar refractivity (Wildman–Crippen MR) is 78.5 cm³/mol. The van der Waals surface area contributed by atoms with Gasteiger partial charge >= 0.3 is 0 Å². The van der Waals surface area contributed by atoms with Gasteiger partial charge in [0.1, 0.15) is 5.54 Å². The normalized spacial score (nSPS) is 22.9. The van der Waals surface area contributed by atoms with Crippen LogP contribution in [0.15, 0.2) is 4.52 Å². The highest BCUT2D eigenvalue weighted by molar-refractivity contribution is 5.79. The number of nitrogens with zero attached hydrogens (tertiary/aromatic N) is 2. The van der Waals surface area contributed by atoms with Crippen LogP contribution in [0.25, 0.3) is 0 Å². The number of rotatable bonds is 3. The molecule has 0 radical (unpaired) electrons. The summed E-state index contributed by atoms with van der Waals surface area (Å²) in [6.07, 6.45) is 10.9. The second-order valence-electron chi connectivity index (χ2n) is 6.60. The Morgan fingerprint density at radius 1 is 1.14 bits per heavy atom. The Labute approximate surface area is 125 Å². The van der Waals surface area contributed by atoms with Crippen molar-refractivity contribution in [1.82, 2.24) is 15.5 Å². The summed E-state index contributed by atoms with van der Waals surface area (Å²) in [6, 6.07) is 0. The van der Waals surface area contributed by atoms with Gasteiger partial charge in [-0.1, -0.05) is 43.7 Å². The molecule has 5 nitrogen and oxygen atoms in total. The third kappa shape index (κ3) is 3.11. The zero-order valence-corrected chi connectivity index (χ0v) is 12.9. The van der Waals surface area contributed by atoms with Crippen molar-refractivity contribution in [2.24, 2.45) is 5.92 Å². The molecule has 0 saturated heterocycles. The standard InChI is InChI=1S/C16H25N3O2/c1-12-17-15(19-21-12)16(10-6-3-7-11-16)18-14(20)13-8-4-2-5-9-13/h13H,2-11H2,1H3,(H,18,20). The molecule has 2 aliphatic carbocycles. The molecule has 2 aliphatic rings. The Kier molecular flexibility index (Phi) is 4.27. The number of carbonyl (C=O) groups is 1.